The molecule has 0 atom stereocenters. The average molecular weight is 258 g/mol. The van der Waals surface area contributed by atoms with Crippen LogP contribution in [0.5, 0.6) is 0 Å². The second kappa shape index (κ2) is 4.88. The molecular weight excluding hydrogens is 240 g/mol. The van der Waals surface area contributed by atoms with Gasteiger partial charge in [-0.3, -0.25) is 4.79 Å². The third kappa shape index (κ3) is 3.22. The fourth-order valence-corrected chi connectivity index (χ4v) is 1.71. The summed E-state index contributed by atoms with van der Waals surface area (Å²) in [6.07, 6.45) is 0. The van der Waals surface area contributed by atoms with Crippen molar-refractivity contribution >= 4 is 5.91 Å². The van der Waals surface area contributed by atoms with Crippen molar-refractivity contribution in [2.45, 2.75) is 33.2 Å². The van der Waals surface area contributed by atoms with Gasteiger partial charge in [-0.15, -0.1) is 0 Å². The average Bonchev–Trinajstić information content (AvgIpc) is 2.70. The summed E-state index contributed by atoms with van der Waals surface area (Å²) in [5.74, 6) is 0.786. The van der Waals surface area contributed by atoms with Crippen LogP contribution in [0, 0.1) is 6.92 Å². The number of hydrogen-bond donors (Lipinski definition) is 1. The zero-order valence-corrected chi connectivity index (χ0v) is 11.7. The van der Waals surface area contributed by atoms with Crippen LogP contribution in [0.2, 0.25) is 0 Å². The Morgan fingerprint density at radius 1 is 1.21 bits per heavy atom. The first-order chi connectivity index (χ1) is 8.87. The maximum absolute atomic E-state index is 12.1. The largest absolute Gasteiger partial charge is 0.441 e. The number of rotatable bonds is 2. The van der Waals surface area contributed by atoms with Crippen LogP contribution < -0.4 is 5.32 Å². The summed E-state index contributed by atoms with van der Waals surface area (Å²) in [5, 5.41) is 2.88. The van der Waals surface area contributed by atoms with Gasteiger partial charge in [-0.2, -0.15) is 0 Å². The van der Waals surface area contributed by atoms with E-state index in [1.807, 2.05) is 51.1 Å². The molecule has 1 aromatic heterocycles. The van der Waals surface area contributed by atoms with Gasteiger partial charge in [-0.25, -0.2) is 4.98 Å². The Labute approximate surface area is 112 Å². The molecule has 0 unspecified atom stereocenters. The Kier molecular flexibility index (Phi) is 3.42. The molecule has 4 nitrogen and oxygen atoms in total. The summed E-state index contributed by atoms with van der Waals surface area (Å²) < 4.78 is 5.56. The minimum absolute atomic E-state index is 0.212. The van der Waals surface area contributed by atoms with Gasteiger partial charge in [0.15, 0.2) is 5.69 Å². The maximum atomic E-state index is 12.1. The Bertz CT molecular complexity index is 580. The highest BCUT2D eigenvalue weighted by Crippen LogP contribution is 2.21. The highest BCUT2D eigenvalue weighted by Gasteiger charge is 2.21. The zero-order valence-electron chi connectivity index (χ0n) is 11.7. The Balaban J connectivity index is 2.30. The molecule has 0 fully saturated rings. The van der Waals surface area contributed by atoms with E-state index >= 15 is 0 Å². The lowest BCUT2D eigenvalue weighted by Gasteiger charge is -2.19. The Hall–Kier alpha value is -2.10. The first-order valence-corrected chi connectivity index (χ1v) is 6.22. The second-order valence-electron chi connectivity index (χ2n) is 5.49. The number of nitrogens with zero attached hydrogens (tertiary/aromatic N) is 1. The van der Waals surface area contributed by atoms with E-state index in [9.17, 15) is 4.79 Å². The third-order valence-electron chi connectivity index (χ3n) is 2.52. The molecule has 100 valence electrons. The van der Waals surface area contributed by atoms with Crippen molar-refractivity contribution in [3.05, 3.63) is 41.8 Å². The summed E-state index contributed by atoms with van der Waals surface area (Å²) in [6, 6.07) is 9.54. The van der Waals surface area contributed by atoms with Crippen molar-refractivity contribution in [2.24, 2.45) is 0 Å². The van der Waals surface area contributed by atoms with E-state index in [1.165, 1.54) is 0 Å². The van der Waals surface area contributed by atoms with Crippen LogP contribution in [0.3, 0.4) is 0 Å². The van der Waals surface area contributed by atoms with Crippen LogP contribution in [0.25, 0.3) is 11.5 Å². The molecule has 0 saturated heterocycles. The fourth-order valence-electron chi connectivity index (χ4n) is 1.71. The molecule has 2 rings (SSSR count). The monoisotopic (exact) mass is 258 g/mol. The Morgan fingerprint density at radius 3 is 2.42 bits per heavy atom. The molecule has 0 aliphatic heterocycles. The van der Waals surface area contributed by atoms with Crippen molar-refractivity contribution in [3.8, 4) is 11.5 Å². The number of amides is 1. The zero-order chi connectivity index (χ0) is 14.0. The molecule has 19 heavy (non-hydrogen) atoms. The molecule has 1 aromatic carbocycles. The predicted molar refractivity (Wildman–Crippen MR) is 73.9 cm³/mol. The van der Waals surface area contributed by atoms with Crippen LogP contribution in [0.1, 0.15) is 37.0 Å². The minimum Gasteiger partial charge on any atom is -0.441 e. The lowest BCUT2D eigenvalue weighted by molar-refractivity contribution is 0.0913. The van der Waals surface area contributed by atoms with Gasteiger partial charge < -0.3 is 9.73 Å². The van der Waals surface area contributed by atoms with E-state index < -0.39 is 0 Å². The molecular formula is C15H18N2O2. The van der Waals surface area contributed by atoms with Gasteiger partial charge in [0.25, 0.3) is 5.91 Å². The van der Waals surface area contributed by atoms with Crippen molar-refractivity contribution in [1.82, 2.24) is 10.3 Å². The quantitative estimate of drug-likeness (QED) is 0.900. The molecule has 1 N–H and O–H groups in total. The topological polar surface area (TPSA) is 55.1 Å². The van der Waals surface area contributed by atoms with Crippen LogP contribution in [0.15, 0.2) is 34.7 Å². The van der Waals surface area contributed by atoms with Crippen LogP contribution in [-0.4, -0.2) is 16.4 Å². The number of aromatic nitrogens is 1. The van der Waals surface area contributed by atoms with Crippen LogP contribution >= 0.6 is 0 Å². The van der Waals surface area contributed by atoms with Gasteiger partial charge in [-0.05, 0) is 39.8 Å². The van der Waals surface area contributed by atoms with E-state index in [0.717, 1.165) is 5.56 Å². The van der Waals surface area contributed by atoms with Crippen molar-refractivity contribution in [2.75, 3.05) is 0 Å². The molecule has 1 heterocycles. The maximum Gasteiger partial charge on any atom is 0.273 e. The molecule has 0 aliphatic carbocycles. The SMILES string of the molecule is Cc1oc(-c2ccccc2)nc1C(=O)NC(C)(C)C. The van der Waals surface area contributed by atoms with Crippen LogP contribution in [0.4, 0.5) is 0 Å². The molecule has 0 bridgehead atoms. The van der Waals surface area contributed by atoms with Gasteiger partial charge in [-0.1, -0.05) is 18.2 Å². The van der Waals surface area contributed by atoms with E-state index in [0.29, 0.717) is 17.3 Å². The van der Waals surface area contributed by atoms with Crippen molar-refractivity contribution < 1.29 is 9.21 Å². The summed E-state index contributed by atoms with van der Waals surface area (Å²) in [4.78, 5) is 16.4. The minimum atomic E-state index is -0.296. The fraction of sp³-hybridized carbons (Fsp3) is 0.333. The van der Waals surface area contributed by atoms with Gasteiger partial charge >= 0.3 is 0 Å². The predicted octanol–water partition coefficient (Wildman–Crippen LogP) is 3.18. The first-order valence-electron chi connectivity index (χ1n) is 6.22. The van der Waals surface area contributed by atoms with Gasteiger partial charge in [0.05, 0.1) is 0 Å². The van der Waals surface area contributed by atoms with Gasteiger partial charge in [0.1, 0.15) is 5.76 Å². The molecule has 0 saturated carbocycles. The van der Waals surface area contributed by atoms with E-state index in [4.69, 9.17) is 4.42 Å². The van der Waals surface area contributed by atoms with E-state index in [1.54, 1.807) is 6.92 Å². The smallest absolute Gasteiger partial charge is 0.273 e. The number of oxazole rings is 1. The summed E-state index contributed by atoms with van der Waals surface area (Å²) >= 11 is 0. The standard InChI is InChI=1S/C15H18N2O2/c1-10-12(13(18)17-15(2,3)4)16-14(19-10)11-8-6-5-7-9-11/h5-9H,1-4H3,(H,17,18). The van der Waals surface area contributed by atoms with Crippen molar-refractivity contribution in [3.63, 3.8) is 0 Å². The highest BCUT2D eigenvalue weighted by atomic mass is 16.4. The number of carbonyl (C=O) groups is 1. The molecule has 0 aliphatic rings. The van der Waals surface area contributed by atoms with Gasteiger partial charge in [0.2, 0.25) is 5.89 Å². The number of aryl methyl sites for hydroxylation is 1. The number of benzene rings is 1. The Morgan fingerprint density at radius 2 is 1.84 bits per heavy atom. The summed E-state index contributed by atoms with van der Waals surface area (Å²) in [7, 11) is 0. The second-order valence-corrected chi connectivity index (χ2v) is 5.49. The number of nitrogens with one attached hydrogen (secondary N) is 1. The van der Waals surface area contributed by atoms with E-state index in [-0.39, 0.29) is 11.4 Å². The highest BCUT2D eigenvalue weighted by molar-refractivity contribution is 5.94. The molecule has 0 spiro atoms. The molecule has 0 radical (unpaired) electrons. The number of hydrogen-bond acceptors (Lipinski definition) is 3. The third-order valence-corrected chi connectivity index (χ3v) is 2.52. The number of carbonyl (C=O) groups excluding carboxylic acids is 1. The normalized spacial score (nSPS) is 11.4. The first kappa shape index (κ1) is 13.3. The summed E-state index contributed by atoms with van der Waals surface area (Å²) in [6.45, 7) is 7.53. The van der Waals surface area contributed by atoms with Crippen LogP contribution in [-0.2, 0) is 0 Å². The molecule has 1 amide bonds. The summed E-state index contributed by atoms with van der Waals surface area (Å²) in [5.41, 5.74) is 0.907. The van der Waals surface area contributed by atoms with Gasteiger partial charge in [0, 0.05) is 11.1 Å². The molecule has 2 aromatic rings. The van der Waals surface area contributed by atoms with Crippen molar-refractivity contribution in [1.29, 1.82) is 0 Å². The lowest BCUT2D eigenvalue weighted by Crippen LogP contribution is -2.41. The lowest BCUT2D eigenvalue weighted by atomic mass is 10.1. The van der Waals surface area contributed by atoms with E-state index in [2.05, 4.69) is 10.3 Å². The molecule has 4 heteroatoms.